The molecule has 1 aromatic heterocycles. The average Bonchev–Trinajstić information content (AvgIpc) is 2.61. The third kappa shape index (κ3) is 4.38. The first-order valence-electron chi connectivity index (χ1n) is 8.04. The number of hydrogen-bond donors (Lipinski definition) is 1. The second-order valence-electron chi connectivity index (χ2n) is 5.76. The predicted octanol–water partition coefficient (Wildman–Crippen LogP) is 3.81. The number of aromatic nitrogens is 1. The van der Waals surface area contributed by atoms with Gasteiger partial charge in [0.05, 0.1) is 6.42 Å². The van der Waals surface area contributed by atoms with Crippen LogP contribution < -0.4 is 5.32 Å². The topological polar surface area (TPSA) is 42.0 Å². The maximum Gasteiger partial charge on any atom is 0.226 e. The van der Waals surface area contributed by atoms with Crippen molar-refractivity contribution in [2.75, 3.05) is 0 Å². The molecule has 0 atom stereocenters. The Morgan fingerprint density at radius 2 is 2.12 bits per heavy atom. The van der Waals surface area contributed by atoms with E-state index < -0.39 is 0 Å². The summed E-state index contributed by atoms with van der Waals surface area (Å²) in [5.74, 6) is -0.429. The summed E-state index contributed by atoms with van der Waals surface area (Å²) in [5.41, 5.74) is 3.70. The molecule has 1 heterocycles. The Hall–Kier alpha value is -2.75. The first-order valence-corrected chi connectivity index (χ1v) is 8.04. The van der Waals surface area contributed by atoms with Crippen molar-refractivity contribution >= 4 is 11.5 Å². The first kappa shape index (κ1) is 16.1. The van der Waals surface area contributed by atoms with E-state index in [9.17, 15) is 9.18 Å². The highest BCUT2D eigenvalue weighted by Crippen LogP contribution is 2.20. The van der Waals surface area contributed by atoms with E-state index in [0.717, 1.165) is 29.7 Å². The zero-order valence-corrected chi connectivity index (χ0v) is 13.3. The van der Waals surface area contributed by atoms with Gasteiger partial charge in [-0.1, -0.05) is 36.4 Å². The van der Waals surface area contributed by atoms with E-state index >= 15 is 0 Å². The molecule has 3 rings (SSSR count). The van der Waals surface area contributed by atoms with Gasteiger partial charge in [0.1, 0.15) is 5.82 Å². The van der Waals surface area contributed by atoms with E-state index in [0.29, 0.717) is 6.54 Å². The number of carbonyl (C=O) groups is 1. The molecular formula is C20H19FN2O. The number of pyridine rings is 1. The molecule has 1 aromatic carbocycles. The van der Waals surface area contributed by atoms with Crippen LogP contribution >= 0.6 is 0 Å². The minimum absolute atomic E-state index is 0.128. The van der Waals surface area contributed by atoms with Gasteiger partial charge in [0, 0.05) is 18.4 Å². The molecule has 0 saturated heterocycles. The molecule has 2 aromatic rings. The zero-order chi connectivity index (χ0) is 16.8. The van der Waals surface area contributed by atoms with Crippen LogP contribution in [0.15, 0.2) is 60.8 Å². The van der Waals surface area contributed by atoms with Crippen LogP contribution in [0.2, 0.25) is 0 Å². The van der Waals surface area contributed by atoms with Crippen molar-refractivity contribution in [1.82, 2.24) is 10.3 Å². The number of amides is 1. The third-order valence-corrected chi connectivity index (χ3v) is 3.87. The molecule has 0 radical (unpaired) electrons. The zero-order valence-electron chi connectivity index (χ0n) is 13.3. The molecule has 1 amide bonds. The van der Waals surface area contributed by atoms with Gasteiger partial charge in [0.15, 0.2) is 0 Å². The van der Waals surface area contributed by atoms with E-state index in [1.54, 1.807) is 18.3 Å². The maximum absolute atomic E-state index is 13.1. The number of nitrogens with one attached hydrogen (secondary N) is 1. The number of nitrogens with zero attached hydrogens (tertiary/aromatic N) is 1. The predicted molar refractivity (Wildman–Crippen MR) is 92.5 cm³/mol. The quantitative estimate of drug-likeness (QED) is 0.909. The summed E-state index contributed by atoms with van der Waals surface area (Å²) in [6, 6.07) is 10.1. The van der Waals surface area contributed by atoms with Crippen molar-refractivity contribution in [2.45, 2.75) is 25.8 Å². The highest BCUT2D eigenvalue weighted by Gasteiger charge is 2.07. The largest absolute Gasteiger partial charge is 0.352 e. The molecule has 0 saturated carbocycles. The lowest BCUT2D eigenvalue weighted by Gasteiger charge is -2.08. The summed E-state index contributed by atoms with van der Waals surface area (Å²) in [5, 5.41) is 2.78. The van der Waals surface area contributed by atoms with Crippen LogP contribution in [0, 0.1) is 5.82 Å². The van der Waals surface area contributed by atoms with E-state index in [2.05, 4.69) is 28.5 Å². The number of hydrogen-bond acceptors (Lipinski definition) is 2. The minimum atomic E-state index is -0.301. The molecular weight excluding hydrogens is 303 g/mol. The number of carbonyl (C=O) groups excluding carboxylic acids is 1. The van der Waals surface area contributed by atoms with Crippen LogP contribution in [0.25, 0.3) is 5.57 Å². The van der Waals surface area contributed by atoms with Crippen molar-refractivity contribution in [3.05, 3.63) is 83.5 Å². The van der Waals surface area contributed by atoms with Crippen LogP contribution in [0.5, 0.6) is 0 Å². The summed E-state index contributed by atoms with van der Waals surface area (Å²) in [4.78, 5) is 16.4. The van der Waals surface area contributed by atoms with Gasteiger partial charge >= 0.3 is 0 Å². The molecule has 4 heteroatoms. The molecule has 0 fully saturated rings. The normalized spacial score (nSPS) is 13.5. The standard InChI is InChI=1S/C20H19FN2O/c21-18-8-4-5-15(11-18)13-23-20(24)12-19-10-9-17(14-22-19)16-6-2-1-3-7-16/h2,4-11,14H,1,3,12-13H2,(H,23,24). The summed E-state index contributed by atoms with van der Waals surface area (Å²) >= 11 is 0. The van der Waals surface area contributed by atoms with Crippen LogP contribution in [0.4, 0.5) is 4.39 Å². The van der Waals surface area contributed by atoms with Gasteiger partial charge in [0.2, 0.25) is 5.91 Å². The number of halogens is 1. The second kappa shape index (κ2) is 7.68. The highest BCUT2D eigenvalue weighted by molar-refractivity contribution is 5.78. The van der Waals surface area contributed by atoms with Gasteiger partial charge in [-0.2, -0.15) is 0 Å². The molecule has 3 nitrogen and oxygen atoms in total. The number of benzene rings is 1. The Morgan fingerprint density at radius 3 is 2.83 bits per heavy atom. The second-order valence-corrected chi connectivity index (χ2v) is 5.76. The van der Waals surface area contributed by atoms with Gasteiger partial charge in [-0.15, -0.1) is 0 Å². The Bertz CT molecular complexity index is 778. The molecule has 0 spiro atoms. The lowest BCUT2D eigenvalue weighted by molar-refractivity contribution is -0.120. The Balaban J connectivity index is 1.54. The molecule has 0 unspecified atom stereocenters. The highest BCUT2D eigenvalue weighted by atomic mass is 19.1. The molecule has 122 valence electrons. The van der Waals surface area contributed by atoms with Crippen LogP contribution in [0.1, 0.15) is 29.7 Å². The van der Waals surface area contributed by atoms with Crippen LogP contribution in [-0.2, 0) is 17.8 Å². The van der Waals surface area contributed by atoms with E-state index in [1.165, 1.54) is 17.7 Å². The van der Waals surface area contributed by atoms with Gasteiger partial charge < -0.3 is 5.32 Å². The molecule has 24 heavy (non-hydrogen) atoms. The van der Waals surface area contributed by atoms with Crippen molar-refractivity contribution in [1.29, 1.82) is 0 Å². The monoisotopic (exact) mass is 322 g/mol. The summed E-state index contributed by atoms with van der Waals surface area (Å²) in [6.07, 6.45) is 10.6. The smallest absolute Gasteiger partial charge is 0.226 e. The summed E-state index contributed by atoms with van der Waals surface area (Å²) in [7, 11) is 0. The molecule has 0 bridgehead atoms. The lowest BCUT2D eigenvalue weighted by Crippen LogP contribution is -2.24. The fraction of sp³-hybridized carbons (Fsp3) is 0.200. The van der Waals surface area contributed by atoms with Crippen molar-refractivity contribution in [2.24, 2.45) is 0 Å². The molecule has 1 aliphatic rings. The molecule has 1 N–H and O–H groups in total. The van der Waals surface area contributed by atoms with Crippen LogP contribution in [-0.4, -0.2) is 10.9 Å². The third-order valence-electron chi connectivity index (χ3n) is 3.87. The molecule has 0 aliphatic heterocycles. The number of rotatable bonds is 5. The Kier molecular flexibility index (Phi) is 5.16. The lowest BCUT2D eigenvalue weighted by atomic mass is 10.0. The van der Waals surface area contributed by atoms with Gasteiger partial charge in [-0.05, 0) is 47.7 Å². The minimum Gasteiger partial charge on any atom is -0.352 e. The van der Waals surface area contributed by atoms with E-state index in [-0.39, 0.29) is 18.1 Å². The summed E-state index contributed by atoms with van der Waals surface area (Å²) < 4.78 is 13.1. The van der Waals surface area contributed by atoms with E-state index in [1.807, 2.05) is 12.1 Å². The maximum atomic E-state index is 13.1. The van der Waals surface area contributed by atoms with Gasteiger partial charge in [-0.25, -0.2) is 4.39 Å². The summed E-state index contributed by atoms with van der Waals surface area (Å²) in [6.45, 7) is 0.312. The van der Waals surface area contributed by atoms with Crippen molar-refractivity contribution in [3.8, 4) is 0 Å². The van der Waals surface area contributed by atoms with Crippen molar-refractivity contribution in [3.63, 3.8) is 0 Å². The Labute approximate surface area is 140 Å². The van der Waals surface area contributed by atoms with Gasteiger partial charge in [-0.3, -0.25) is 9.78 Å². The number of allylic oxidation sites excluding steroid dienone is 4. The van der Waals surface area contributed by atoms with Crippen molar-refractivity contribution < 1.29 is 9.18 Å². The molecule has 1 aliphatic carbocycles. The SMILES string of the molecule is O=C(Cc1ccc(C2=CCCC=C2)cn1)NCc1cccc(F)c1. The van der Waals surface area contributed by atoms with Gasteiger partial charge in [0.25, 0.3) is 0 Å². The fourth-order valence-electron chi connectivity index (χ4n) is 2.60. The fourth-order valence-corrected chi connectivity index (χ4v) is 2.60. The van der Waals surface area contributed by atoms with E-state index in [4.69, 9.17) is 0 Å². The average molecular weight is 322 g/mol. The Morgan fingerprint density at radius 1 is 1.21 bits per heavy atom. The first-order chi connectivity index (χ1) is 11.7. The van der Waals surface area contributed by atoms with Crippen LogP contribution in [0.3, 0.4) is 0 Å².